The molecule has 4 heteroatoms. The summed E-state index contributed by atoms with van der Waals surface area (Å²) >= 11 is 0. The van der Waals surface area contributed by atoms with Crippen molar-refractivity contribution in [3.63, 3.8) is 0 Å². The molecule has 41 valence electrons. The van der Waals surface area contributed by atoms with E-state index in [0.29, 0.717) is 5.82 Å². The molecule has 1 aromatic rings. The van der Waals surface area contributed by atoms with E-state index < -0.39 is 0 Å². The van der Waals surface area contributed by atoms with Gasteiger partial charge < -0.3 is 4.52 Å². The molecule has 0 unspecified atom stereocenters. The molecule has 4 nitrogen and oxygen atoms in total. The minimum Gasteiger partial charge on any atom is -0.343 e. The van der Waals surface area contributed by atoms with Crippen LogP contribution in [0.1, 0.15) is 5.82 Å². The third-order valence-electron chi connectivity index (χ3n) is 0.637. The summed E-state index contributed by atoms with van der Waals surface area (Å²) in [4.78, 5) is 13.2. The molecular weight excluding hydrogens is 108 g/mol. The Labute approximate surface area is 45.5 Å². The van der Waals surface area contributed by atoms with Gasteiger partial charge in [0.25, 0.3) is 0 Å². The first-order chi connectivity index (χ1) is 3.93. The van der Waals surface area contributed by atoms with Crippen molar-refractivity contribution in [3.05, 3.63) is 12.2 Å². The summed E-state index contributed by atoms with van der Waals surface area (Å²) in [5, 5.41) is 3.36. The van der Waals surface area contributed by atoms with Crippen LogP contribution in [-0.2, 0) is 11.2 Å². The summed E-state index contributed by atoms with van der Waals surface area (Å²) < 4.78 is 4.33. The van der Waals surface area contributed by atoms with Crippen LogP contribution in [0.3, 0.4) is 0 Å². The molecule has 1 radical (unpaired) electrons. The van der Waals surface area contributed by atoms with Gasteiger partial charge in [-0.3, -0.25) is 4.79 Å². The molecule has 0 aliphatic rings. The van der Waals surface area contributed by atoms with Gasteiger partial charge in [-0.25, -0.2) is 0 Å². The van der Waals surface area contributed by atoms with Gasteiger partial charge >= 0.3 is 0 Å². The normalized spacial score (nSPS) is 9.00. The monoisotopic (exact) mass is 111 g/mol. The van der Waals surface area contributed by atoms with Crippen molar-refractivity contribution in [1.82, 2.24) is 10.1 Å². The van der Waals surface area contributed by atoms with Crippen LogP contribution < -0.4 is 0 Å². The second kappa shape index (κ2) is 2.20. The zero-order valence-electron chi connectivity index (χ0n) is 4.00. The third kappa shape index (κ3) is 0.900. The van der Waals surface area contributed by atoms with Crippen LogP contribution >= 0.6 is 0 Å². The SMILES string of the molecule is O=[C]Cc1ncon1. The van der Waals surface area contributed by atoms with E-state index in [1.54, 1.807) is 6.29 Å². The smallest absolute Gasteiger partial charge is 0.213 e. The maximum absolute atomic E-state index is 9.63. The number of carbonyl (C=O) groups excluding carboxylic acids is 1. The van der Waals surface area contributed by atoms with Crippen LogP contribution in [0.15, 0.2) is 10.9 Å². The number of hydrogen-bond donors (Lipinski definition) is 0. The minimum absolute atomic E-state index is 0.108. The minimum atomic E-state index is 0.108. The van der Waals surface area contributed by atoms with Gasteiger partial charge in [0.2, 0.25) is 12.7 Å². The summed E-state index contributed by atoms with van der Waals surface area (Å²) in [5.41, 5.74) is 0. The molecule has 8 heavy (non-hydrogen) atoms. The fourth-order valence-electron chi connectivity index (χ4n) is 0.335. The van der Waals surface area contributed by atoms with E-state index in [4.69, 9.17) is 0 Å². The van der Waals surface area contributed by atoms with Crippen LogP contribution in [0, 0.1) is 0 Å². The molecular formula is C4H3N2O2. The van der Waals surface area contributed by atoms with Crippen molar-refractivity contribution in [2.45, 2.75) is 6.42 Å². The predicted octanol–water partition coefficient (Wildman–Crippen LogP) is -0.278. The highest BCUT2D eigenvalue weighted by Gasteiger charge is 1.93. The highest BCUT2D eigenvalue weighted by atomic mass is 16.5. The standard InChI is InChI=1S/C4H3N2O2/c7-2-1-4-5-3-8-6-4/h3H,1H2. The number of hydrogen-bond acceptors (Lipinski definition) is 4. The average molecular weight is 111 g/mol. The van der Waals surface area contributed by atoms with Gasteiger partial charge in [-0.1, -0.05) is 5.16 Å². The summed E-state index contributed by atoms with van der Waals surface area (Å²) in [6.07, 6.45) is 2.92. The van der Waals surface area contributed by atoms with E-state index in [1.807, 2.05) is 0 Å². The molecule has 0 aromatic carbocycles. The van der Waals surface area contributed by atoms with E-state index in [1.165, 1.54) is 6.39 Å². The molecule has 0 atom stereocenters. The lowest BCUT2D eigenvalue weighted by Crippen LogP contribution is -1.86. The van der Waals surface area contributed by atoms with Gasteiger partial charge in [-0.2, -0.15) is 4.98 Å². The lowest BCUT2D eigenvalue weighted by atomic mass is 10.5. The Hall–Kier alpha value is -1.19. The summed E-state index contributed by atoms with van der Waals surface area (Å²) in [5.74, 6) is 0.375. The molecule has 0 aliphatic carbocycles. The Morgan fingerprint density at radius 1 is 1.88 bits per heavy atom. The Morgan fingerprint density at radius 2 is 2.75 bits per heavy atom. The lowest BCUT2D eigenvalue weighted by molar-refractivity contribution is 0.411. The molecule has 0 saturated carbocycles. The summed E-state index contributed by atoms with van der Waals surface area (Å²) in [7, 11) is 0. The van der Waals surface area contributed by atoms with Crippen molar-refractivity contribution in [3.8, 4) is 0 Å². The molecule has 0 saturated heterocycles. The maximum atomic E-state index is 9.63. The lowest BCUT2D eigenvalue weighted by Gasteiger charge is -1.71. The topological polar surface area (TPSA) is 56.0 Å². The van der Waals surface area contributed by atoms with Crippen molar-refractivity contribution in [1.29, 1.82) is 0 Å². The number of nitrogens with zero attached hydrogens (tertiary/aromatic N) is 2. The molecule has 0 amide bonds. The molecule has 0 fully saturated rings. The van der Waals surface area contributed by atoms with Gasteiger partial charge in [0.1, 0.15) is 0 Å². The Kier molecular flexibility index (Phi) is 1.37. The molecule has 0 aliphatic heterocycles. The fourth-order valence-corrected chi connectivity index (χ4v) is 0.335. The van der Waals surface area contributed by atoms with Crippen LogP contribution in [-0.4, -0.2) is 16.4 Å². The Morgan fingerprint density at radius 3 is 3.25 bits per heavy atom. The van der Waals surface area contributed by atoms with Gasteiger partial charge in [0, 0.05) is 0 Å². The van der Waals surface area contributed by atoms with E-state index in [2.05, 4.69) is 14.7 Å². The largest absolute Gasteiger partial charge is 0.343 e. The maximum Gasteiger partial charge on any atom is 0.213 e. The highest BCUT2D eigenvalue weighted by molar-refractivity contribution is 5.53. The molecule has 0 N–H and O–H groups in total. The predicted molar refractivity (Wildman–Crippen MR) is 23.7 cm³/mol. The first-order valence-electron chi connectivity index (χ1n) is 2.03. The van der Waals surface area contributed by atoms with Crippen LogP contribution in [0.25, 0.3) is 0 Å². The summed E-state index contributed by atoms with van der Waals surface area (Å²) in [6.45, 7) is 0. The second-order valence-electron chi connectivity index (χ2n) is 1.17. The van der Waals surface area contributed by atoms with Crippen LogP contribution in [0.4, 0.5) is 0 Å². The fraction of sp³-hybridized carbons (Fsp3) is 0.250. The van der Waals surface area contributed by atoms with Gasteiger partial charge in [-0.15, -0.1) is 0 Å². The Balaban J connectivity index is 2.62. The Bertz CT molecular complexity index is 159. The van der Waals surface area contributed by atoms with E-state index in [0.717, 1.165) is 0 Å². The highest BCUT2D eigenvalue weighted by Crippen LogP contribution is 1.84. The van der Waals surface area contributed by atoms with Gasteiger partial charge in [0.15, 0.2) is 5.82 Å². The van der Waals surface area contributed by atoms with Gasteiger partial charge in [0.05, 0.1) is 6.42 Å². The van der Waals surface area contributed by atoms with Gasteiger partial charge in [-0.05, 0) is 0 Å². The summed E-state index contributed by atoms with van der Waals surface area (Å²) in [6, 6.07) is 0. The quantitative estimate of drug-likeness (QED) is 0.526. The second-order valence-corrected chi connectivity index (χ2v) is 1.17. The molecule has 0 spiro atoms. The van der Waals surface area contributed by atoms with Crippen LogP contribution in [0.5, 0.6) is 0 Å². The third-order valence-corrected chi connectivity index (χ3v) is 0.637. The zero-order valence-corrected chi connectivity index (χ0v) is 4.00. The first-order valence-corrected chi connectivity index (χ1v) is 2.03. The van der Waals surface area contributed by atoms with E-state index >= 15 is 0 Å². The van der Waals surface area contributed by atoms with Crippen molar-refractivity contribution >= 4 is 6.29 Å². The number of aromatic nitrogens is 2. The van der Waals surface area contributed by atoms with Crippen LogP contribution in [0.2, 0.25) is 0 Å². The first kappa shape index (κ1) is 4.96. The number of rotatable bonds is 2. The average Bonchev–Trinajstić information content (AvgIpc) is 2.19. The van der Waals surface area contributed by atoms with Crippen molar-refractivity contribution in [2.75, 3.05) is 0 Å². The molecule has 0 bridgehead atoms. The van der Waals surface area contributed by atoms with Crippen molar-refractivity contribution < 1.29 is 9.32 Å². The molecule has 1 heterocycles. The molecule has 1 aromatic heterocycles. The van der Waals surface area contributed by atoms with E-state index in [-0.39, 0.29) is 6.42 Å². The van der Waals surface area contributed by atoms with Crippen molar-refractivity contribution in [2.24, 2.45) is 0 Å². The molecule has 1 rings (SSSR count). The zero-order chi connectivity index (χ0) is 5.82. The van der Waals surface area contributed by atoms with E-state index in [9.17, 15) is 4.79 Å².